The first-order chi connectivity index (χ1) is 14.1. The number of carbonyl (C=O) groups is 2. The predicted octanol–water partition coefficient (Wildman–Crippen LogP) is 4.36. The van der Waals surface area contributed by atoms with Gasteiger partial charge in [-0.05, 0) is 54.6 Å². The lowest BCUT2D eigenvalue weighted by molar-refractivity contribution is 0.0995. The number of rotatable bonds is 8. The standard InChI is InChI=1S/C22H20N2O5/c1-27-19-10-5-15(14-21(19)28-2)18(25)11-12-23-16-6-8-17(9-7-16)24-22(26)20-4-3-13-29-20/h3-14,23H,1-2H3,(H,24,26)/b12-11+. The number of anilines is 2. The zero-order valence-electron chi connectivity index (χ0n) is 16.0. The van der Waals surface area contributed by atoms with Gasteiger partial charge in [-0.2, -0.15) is 0 Å². The number of ketones is 1. The largest absolute Gasteiger partial charge is 0.493 e. The normalized spacial score (nSPS) is 10.6. The number of amides is 1. The van der Waals surface area contributed by atoms with Crippen LogP contribution in [-0.4, -0.2) is 25.9 Å². The Morgan fingerprint density at radius 2 is 1.66 bits per heavy atom. The number of methoxy groups -OCH3 is 2. The van der Waals surface area contributed by atoms with Gasteiger partial charge in [0.05, 0.1) is 20.5 Å². The van der Waals surface area contributed by atoms with Crippen LogP contribution in [0.15, 0.2) is 77.6 Å². The Bertz CT molecular complexity index is 1010. The van der Waals surface area contributed by atoms with E-state index in [4.69, 9.17) is 13.9 Å². The van der Waals surface area contributed by atoms with E-state index in [1.165, 1.54) is 26.6 Å². The average molecular weight is 392 g/mol. The molecule has 0 spiro atoms. The molecule has 1 heterocycles. The summed E-state index contributed by atoms with van der Waals surface area (Å²) >= 11 is 0. The van der Waals surface area contributed by atoms with Crippen molar-refractivity contribution in [2.45, 2.75) is 0 Å². The maximum Gasteiger partial charge on any atom is 0.291 e. The van der Waals surface area contributed by atoms with E-state index in [1.54, 1.807) is 60.8 Å². The molecular weight excluding hydrogens is 372 g/mol. The van der Waals surface area contributed by atoms with Crippen LogP contribution in [0, 0.1) is 0 Å². The van der Waals surface area contributed by atoms with Crippen molar-refractivity contribution in [1.29, 1.82) is 0 Å². The second-order valence-corrected chi connectivity index (χ2v) is 5.92. The SMILES string of the molecule is COc1ccc(C(=O)/C=C/Nc2ccc(NC(=O)c3ccco3)cc2)cc1OC. The summed E-state index contributed by atoms with van der Waals surface area (Å²) in [6, 6.07) is 15.3. The summed E-state index contributed by atoms with van der Waals surface area (Å²) in [6.45, 7) is 0. The molecule has 3 rings (SSSR count). The summed E-state index contributed by atoms with van der Waals surface area (Å²) in [5.74, 6) is 0.790. The number of hydrogen-bond donors (Lipinski definition) is 2. The number of hydrogen-bond acceptors (Lipinski definition) is 6. The molecule has 7 nitrogen and oxygen atoms in total. The molecule has 0 unspecified atom stereocenters. The van der Waals surface area contributed by atoms with Crippen molar-refractivity contribution in [2.75, 3.05) is 24.9 Å². The maximum absolute atomic E-state index is 12.3. The van der Waals surface area contributed by atoms with E-state index in [1.807, 2.05) is 0 Å². The summed E-state index contributed by atoms with van der Waals surface area (Å²) < 4.78 is 15.4. The minimum atomic E-state index is -0.323. The third kappa shape index (κ3) is 5.04. The van der Waals surface area contributed by atoms with Crippen molar-refractivity contribution in [1.82, 2.24) is 0 Å². The van der Waals surface area contributed by atoms with Gasteiger partial charge in [0.15, 0.2) is 23.0 Å². The molecule has 0 fully saturated rings. The van der Waals surface area contributed by atoms with E-state index in [9.17, 15) is 9.59 Å². The van der Waals surface area contributed by atoms with E-state index in [2.05, 4.69) is 10.6 Å². The van der Waals surface area contributed by atoms with Crippen LogP contribution in [0.2, 0.25) is 0 Å². The second-order valence-electron chi connectivity index (χ2n) is 5.92. The molecule has 0 aliphatic carbocycles. The lowest BCUT2D eigenvalue weighted by atomic mass is 10.1. The van der Waals surface area contributed by atoms with Crippen LogP contribution in [-0.2, 0) is 0 Å². The fourth-order valence-electron chi connectivity index (χ4n) is 2.55. The van der Waals surface area contributed by atoms with Crippen molar-refractivity contribution in [3.63, 3.8) is 0 Å². The van der Waals surface area contributed by atoms with Gasteiger partial charge < -0.3 is 24.5 Å². The minimum Gasteiger partial charge on any atom is -0.493 e. The van der Waals surface area contributed by atoms with Gasteiger partial charge in [-0.15, -0.1) is 0 Å². The van der Waals surface area contributed by atoms with E-state index in [0.717, 1.165) is 5.69 Å². The quantitative estimate of drug-likeness (QED) is 0.437. The van der Waals surface area contributed by atoms with Crippen LogP contribution in [0.3, 0.4) is 0 Å². The molecule has 0 radical (unpaired) electrons. The van der Waals surface area contributed by atoms with Crippen LogP contribution >= 0.6 is 0 Å². The van der Waals surface area contributed by atoms with Gasteiger partial charge in [0.25, 0.3) is 5.91 Å². The van der Waals surface area contributed by atoms with Gasteiger partial charge in [0, 0.05) is 29.2 Å². The van der Waals surface area contributed by atoms with Crippen molar-refractivity contribution < 1.29 is 23.5 Å². The molecule has 2 N–H and O–H groups in total. The third-order valence-corrected chi connectivity index (χ3v) is 4.04. The summed E-state index contributed by atoms with van der Waals surface area (Å²) in [7, 11) is 3.06. The van der Waals surface area contributed by atoms with Crippen LogP contribution in [0.25, 0.3) is 0 Å². The van der Waals surface area contributed by atoms with Crippen LogP contribution < -0.4 is 20.1 Å². The van der Waals surface area contributed by atoms with Gasteiger partial charge in [0.2, 0.25) is 0 Å². The summed E-state index contributed by atoms with van der Waals surface area (Å²) in [6.07, 6.45) is 4.42. The molecular formula is C22H20N2O5. The first-order valence-electron chi connectivity index (χ1n) is 8.75. The molecule has 148 valence electrons. The highest BCUT2D eigenvalue weighted by Crippen LogP contribution is 2.27. The topological polar surface area (TPSA) is 89.8 Å². The van der Waals surface area contributed by atoms with E-state index < -0.39 is 0 Å². The van der Waals surface area contributed by atoms with Crippen molar-refractivity contribution in [2.24, 2.45) is 0 Å². The number of furan rings is 1. The highest BCUT2D eigenvalue weighted by molar-refractivity contribution is 6.05. The molecule has 29 heavy (non-hydrogen) atoms. The number of benzene rings is 2. The minimum absolute atomic E-state index is 0.180. The van der Waals surface area contributed by atoms with E-state index in [-0.39, 0.29) is 17.5 Å². The van der Waals surface area contributed by atoms with E-state index in [0.29, 0.717) is 22.7 Å². The van der Waals surface area contributed by atoms with Gasteiger partial charge >= 0.3 is 0 Å². The molecule has 1 aromatic heterocycles. The Hall–Kier alpha value is -4.00. The van der Waals surface area contributed by atoms with Gasteiger partial charge in [0.1, 0.15) is 0 Å². The van der Waals surface area contributed by atoms with Gasteiger partial charge in [-0.1, -0.05) is 0 Å². The highest BCUT2D eigenvalue weighted by Gasteiger charge is 2.09. The van der Waals surface area contributed by atoms with E-state index >= 15 is 0 Å². The highest BCUT2D eigenvalue weighted by atomic mass is 16.5. The molecule has 2 aromatic carbocycles. The number of ether oxygens (including phenoxy) is 2. The number of nitrogens with one attached hydrogen (secondary N) is 2. The van der Waals surface area contributed by atoms with Crippen LogP contribution in [0.1, 0.15) is 20.9 Å². The fourth-order valence-corrected chi connectivity index (χ4v) is 2.55. The molecule has 0 saturated carbocycles. The number of allylic oxidation sites excluding steroid dienone is 1. The van der Waals surface area contributed by atoms with Crippen molar-refractivity contribution in [3.05, 3.63) is 84.5 Å². The lowest BCUT2D eigenvalue weighted by Gasteiger charge is -2.08. The summed E-state index contributed by atoms with van der Waals surface area (Å²) in [4.78, 5) is 24.3. The smallest absolute Gasteiger partial charge is 0.291 e. The Kier molecular flexibility index (Phi) is 6.32. The monoisotopic (exact) mass is 392 g/mol. The van der Waals surface area contributed by atoms with Crippen LogP contribution in [0.4, 0.5) is 11.4 Å². The van der Waals surface area contributed by atoms with Crippen molar-refractivity contribution >= 4 is 23.1 Å². The zero-order valence-corrected chi connectivity index (χ0v) is 16.0. The third-order valence-electron chi connectivity index (χ3n) is 4.04. The molecule has 1 amide bonds. The Labute approximate surface area is 167 Å². The summed E-state index contributed by atoms with van der Waals surface area (Å²) in [5.41, 5.74) is 1.87. The number of carbonyl (C=O) groups excluding carboxylic acids is 2. The predicted molar refractivity (Wildman–Crippen MR) is 110 cm³/mol. The molecule has 3 aromatic rings. The molecule has 0 atom stereocenters. The Balaban J connectivity index is 1.57. The maximum atomic E-state index is 12.3. The summed E-state index contributed by atoms with van der Waals surface area (Å²) in [5, 5.41) is 5.75. The average Bonchev–Trinajstić information content (AvgIpc) is 3.29. The van der Waals surface area contributed by atoms with Gasteiger partial charge in [-0.3, -0.25) is 9.59 Å². The Morgan fingerprint density at radius 1 is 0.931 bits per heavy atom. The van der Waals surface area contributed by atoms with Gasteiger partial charge in [-0.25, -0.2) is 0 Å². The van der Waals surface area contributed by atoms with Crippen LogP contribution in [0.5, 0.6) is 11.5 Å². The first kappa shape index (κ1) is 19.8. The molecule has 0 aliphatic rings. The zero-order chi connectivity index (χ0) is 20.6. The fraction of sp³-hybridized carbons (Fsp3) is 0.0909. The molecule has 0 aliphatic heterocycles. The molecule has 0 saturated heterocycles. The second kappa shape index (κ2) is 9.27. The lowest BCUT2D eigenvalue weighted by Crippen LogP contribution is -2.10. The first-order valence-corrected chi connectivity index (χ1v) is 8.75. The molecule has 7 heteroatoms. The molecule has 0 bridgehead atoms. The van der Waals surface area contributed by atoms with Crippen molar-refractivity contribution in [3.8, 4) is 11.5 Å². The Morgan fingerprint density at radius 3 is 2.31 bits per heavy atom.